The molecule has 6 heteroatoms. The minimum atomic E-state index is -0.488. The van der Waals surface area contributed by atoms with Crippen LogP contribution >= 0.6 is 0 Å². The van der Waals surface area contributed by atoms with Gasteiger partial charge in [0, 0.05) is 31.2 Å². The largest absolute Gasteiger partial charge is 0.486 e. The van der Waals surface area contributed by atoms with E-state index in [1.54, 1.807) is 4.90 Å². The lowest BCUT2D eigenvalue weighted by atomic mass is 10.1. The number of amides is 1. The van der Waals surface area contributed by atoms with Crippen molar-refractivity contribution in [1.82, 2.24) is 10.2 Å². The number of fused-ring (bicyclic) bond motifs is 1. The van der Waals surface area contributed by atoms with Crippen LogP contribution in [0, 0.1) is 0 Å². The van der Waals surface area contributed by atoms with Gasteiger partial charge in [0.2, 0.25) is 0 Å². The van der Waals surface area contributed by atoms with Gasteiger partial charge in [-0.25, -0.2) is 4.79 Å². The molecule has 0 unspecified atom stereocenters. The van der Waals surface area contributed by atoms with Crippen LogP contribution in [0.4, 0.5) is 4.79 Å². The number of benzene rings is 1. The first-order chi connectivity index (χ1) is 11.8. The summed E-state index contributed by atoms with van der Waals surface area (Å²) in [5, 5.41) is 3.37. The van der Waals surface area contributed by atoms with Crippen LogP contribution in [0.2, 0.25) is 0 Å². The summed E-state index contributed by atoms with van der Waals surface area (Å²) in [7, 11) is 0. The van der Waals surface area contributed by atoms with Crippen LogP contribution < -0.4 is 14.8 Å². The summed E-state index contributed by atoms with van der Waals surface area (Å²) in [6, 6.07) is 5.99. The van der Waals surface area contributed by atoms with Crippen molar-refractivity contribution in [3.8, 4) is 11.5 Å². The van der Waals surface area contributed by atoms with Gasteiger partial charge in [0.05, 0.1) is 0 Å². The molecule has 0 aromatic heterocycles. The summed E-state index contributed by atoms with van der Waals surface area (Å²) in [5.74, 6) is 1.61. The third-order valence-electron chi connectivity index (χ3n) is 3.74. The Labute approximate surface area is 150 Å². The van der Waals surface area contributed by atoms with Crippen LogP contribution in [0.3, 0.4) is 0 Å². The minimum absolute atomic E-state index is 0.0814. The molecule has 0 atom stereocenters. The van der Waals surface area contributed by atoms with Gasteiger partial charge in [0.1, 0.15) is 18.8 Å². The highest BCUT2D eigenvalue weighted by molar-refractivity contribution is 5.68. The first-order valence-electron chi connectivity index (χ1n) is 8.86. The van der Waals surface area contributed by atoms with E-state index in [0.717, 1.165) is 17.1 Å². The molecule has 2 rings (SSSR count). The van der Waals surface area contributed by atoms with E-state index in [-0.39, 0.29) is 12.1 Å². The zero-order valence-corrected chi connectivity index (χ0v) is 15.9. The van der Waals surface area contributed by atoms with Crippen molar-refractivity contribution in [3.63, 3.8) is 0 Å². The number of hydrogen-bond donors (Lipinski definition) is 1. The van der Waals surface area contributed by atoms with E-state index < -0.39 is 5.60 Å². The van der Waals surface area contributed by atoms with E-state index in [9.17, 15) is 4.79 Å². The molecule has 25 heavy (non-hydrogen) atoms. The lowest BCUT2D eigenvalue weighted by molar-refractivity contribution is 0.0193. The fraction of sp³-hybridized carbons (Fsp3) is 0.632. The van der Waals surface area contributed by atoms with Gasteiger partial charge in [-0.1, -0.05) is 12.1 Å². The number of nitrogens with one attached hydrogen (secondary N) is 1. The molecule has 140 valence electrons. The Bertz CT molecular complexity index is 581. The van der Waals surface area contributed by atoms with Gasteiger partial charge in [-0.2, -0.15) is 0 Å². The normalized spacial score (nSPS) is 13.7. The highest BCUT2D eigenvalue weighted by Gasteiger charge is 2.23. The molecule has 0 aliphatic carbocycles. The molecule has 1 aromatic rings. The Balaban J connectivity index is 1.86. The predicted molar refractivity (Wildman–Crippen MR) is 97.2 cm³/mol. The van der Waals surface area contributed by atoms with Crippen LogP contribution in [-0.2, 0) is 11.3 Å². The third-order valence-corrected chi connectivity index (χ3v) is 3.74. The van der Waals surface area contributed by atoms with E-state index >= 15 is 0 Å². The smallest absolute Gasteiger partial charge is 0.410 e. The van der Waals surface area contributed by atoms with Crippen LogP contribution in [0.15, 0.2) is 18.2 Å². The summed E-state index contributed by atoms with van der Waals surface area (Å²) in [4.78, 5) is 14.0. The van der Waals surface area contributed by atoms with E-state index in [2.05, 4.69) is 5.32 Å². The molecule has 0 radical (unpaired) electrons. The van der Waals surface area contributed by atoms with Gasteiger partial charge in [0.15, 0.2) is 11.5 Å². The topological polar surface area (TPSA) is 60.0 Å². The SMILES string of the molecule is CC(C)N(CCNCc1cccc2c1OCCO2)C(=O)OC(C)(C)C. The predicted octanol–water partition coefficient (Wildman–Crippen LogP) is 3.19. The molecule has 1 N–H and O–H groups in total. The van der Waals surface area contributed by atoms with Gasteiger partial charge < -0.3 is 24.4 Å². The van der Waals surface area contributed by atoms with Crippen LogP contribution in [0.5, 0.6) is 11.5 Å². The molecule has 1 amide bonds. The van der Waals surface area contributed by atoms with Gasteiger partial charge in [-0.3, -0.25) is 0 Å². The molecular weight excluding hydrogens is 320 g/mol. The number of hydrogen-bond acceptors (Lipinski definition) is 5. The number of rotatable bonds is 6. The van der Waals surface area contributed by atoms with Gasteiger partial charge in [0.25, 0.3) is 0 Å². The Kier molecular flexibility index (Phi) is 6.53. The van der Waals surface area contributed by atoms with Gasteiger partial charge in [-0.15, -0.1) is 0 Å². The van der Waals surface area contributed by atoms with Crippen LogP contribution in [0.1, 0.15) is 40.2 Å². The van der Waals surface area contributed by atoms with Crippen LogP contribution in [-0.4, -0.2) is 48.9 Å². The summed E-state index contributed by atoms with van der Waals surface area (Å²) in [5.41, 5.74) is 0.573. The average molecular weight is 350 g/mol. The second-order valence-corrected chi connectivity index (χ2v) is 7.39. The zero-order valence-electron chi connectivity index (χ0n) is 15.9. The molecular formula is C19H30N2O4. The molecule has 1 aliphatic rings. The van der Waals surface area contributed by atoms with Gasteiger partial charge >= 0.3 is 6.09 Å². The van der Waals surface area contributed by atoms with Crippen molar-refractivity contribution in [2.45, 2.75) is 52.8 Å². The number of ether oxygens (including phenoxy) is 3. The second kappa shape index (κ2) is 8.43. The molecule has 0 bridgehead atoms. The molecule has 0 saturated heterocycles. The molecule has 1 aliphatic heterocycles. The monoisotopic (exact) mass is 350 g/mol. The summed E-state index contributed by atoms with van der Waals surface area (Å²) >= 11 is 0. The number of para-hydroxylation sites is 1. The standard InChI is InChI=1S/C19H30N2O4/c1-14(2)21(18(22)25-19(3,4)5)10-9-20-13-15-7-6-8-16-17(15)24-12-11-23-16/h6-8,14,20H,9-13H2,1-5H3. The van der Waals surface area contributed by atoms with Crippen molar-refractivity contribution in [1.29, 1.82) is 0 Å². The maximum absolute atomic E-state index is 12.3. The third kappa shape index (κ3) is 5.81. The quantitative estimate of drug-likeness (QED) is 0.799. The molecule has 1 heterocycles. The highest BCUT2D eigenvalue weighted by Crippen LogP contribution is 2.33. The summed E-state index contributed by atoms with van der Waals surface area (Å²) < 4.78 is 16.8. The summed E-state index contributed by atoms with van der Waals surface area (Å²) in [6.45, 7) is 12.7. The summed E-state index contributed by atoms with van der Waals surface area (Å²) in [6.07, 6.45) is -0.280. The molecule has 0 spiro atoms. The van der Waals surface area contributed by atoms with Crippen molar-refractivity contribution in [3.05, 3.63) is 23.8 Å². The maximum Gasteiger partial charge on any atom is 0.410 e. The number of carbonyl (C=O) groups excluding carboxylic acids is 1. The Morgan fingerprint density at radius 3 is 2.68 bits per heavy atom. The Morgan fingerprint density at radius 1 is 1.28 bits per heavy atom. The molecule has 1 aromatic carbocycles. The van der Waals surface area contributed by atoms with E-state index in [1.165, 1.54) is 0 Å². The van der Waals surface area contributed by atoms with Gasteiger partial charge in [-0.05, 0) is 40.7 Å². The maximum atomic E-state index is 12.3. The van der Waals surface area contributed by atoms with E-state index in [4.69, 9.17) is 14.2 Å². The Morgan fingerprint density at radius 2 is 2.00 bits per heavy atom. The molecule has 0 fully saturated rings. The number of carbonyl (C=O) groups is 1. The fourth-order valence-electron chi connectivity index (χ4n) is 2.58. The first-order valence-corrected chi connectivity index (χ1v) is 8.86. The highest BCUT2D eigenvalue weighted by atomic mass is 16.6. The van der Waals surface area contributed by atoms with E-state index in [1.807, 2.05) is 52.8 Å². The van der Waals surface area contributed by atoms with Crippen molar-refractivity contribution < 1.29 is 19.0 Å². The van der Waals surface area contributed by atoms with Crippen molar-refractivity contribution >= 4 is 6.09 Å². The average Bonchev–Trinajstić information content (AvgIpc) is 2.52. The Hall–Kier alpha value is -1.95. The van der Waals surface area contributed by atoms with Crippen molar-refractivity contribution in [2.24, 2.45) is 0 Å². The molecule has 6 nitrogen and oxygen atoms in total. The number of nitrogens with zero attached hydrogens (tertiary/aromatic N) is 1. The second-order valence-electron chi connectivity index (χ2n) is 7.39. The molecule has 0 saturated carbocycles. The fourth-order valence-corrected chi connectivity index (χ4v) is 2.58. The lowest BCUT2D eigenvalue weighted by Crippen LogP contribution is -2.44. The van der Waals surface area contributed by atoms with E-state index in [0.29, 0.717) is 32.8 Å². The zero-order chi connectivity index (χ0) is 18.4. The minimum Gasteiger partial charge on any atom is -0.486 e. The van der Waals surface area contributed by atoms with Crippen molar-refractivity contribution in [2.75, 3.05) is 26.3 Å². The van der Waals surface area contributed by atoms with Crippen LogP contribution in [0.25, 0.3) is 0 Å². The first kappa shape index (κ1) is 19.4. The lowest BCUT2D eigenvalue weighted by Gasteiger charge is -2.30.